The van der Waals surface area contributed by atoms with Gasteiger partial charge in [-0.25, -0.2) is 4.79 Å². The summed E-state index contributed by atoms with van der Waals surface area (Å²) in [4.78, 5) is 26.3. The predicted molar refractivity (Wildman–Crippen MR) is 49.4 cm³/mol. The first-order chi connectivity index (χ1) is 6.68. The molecule has 14 heavy (non-hydrogen) atoms. The molecule has 0 saturated carbocycles. The standard InChI is InChI=1S/C8H6N2O3S/c11-6-1-4(8(12)13)7(10-6)5-2-9-3-14-5/h2-3H,1H2,(H,10,11)(H,12,13). The number of carboxylic acids is 1. The lowest BCUT2D eigenvalue weighted by molar-refractivity contribution is -0.133. The molecule has 0 saturated heterocycles. The van der Waals surface area contributed by atoms with Crippen LogP contribution in [0.25, 0.3) is 5.70 Å². The van der Waals surface area contributed by atoms with Crippen LogP contribution in [0.1, 0.15) is 11.3 Å². The molecule has 1 amide bonds. The SMILES string of the molecule is O=C1CC(C(=O)O)=C(c2cncs2)N1. The topological polar surface area (TPSA) is 79.3 Å². The first-order valence-electron chi connectivity index (χ1n) is 3.83. The van der Waals surface area contributed by atoms with Gasteiger partial charge in [0.05, 0.1) is 28.1 Å². The minimum atomic E-state index is -1.06. The molecule has 0 aliphatic carbocycles. The zero-order valence-electron chi connectivity index (χ0n) is 6.98. The molecule has 2 heterocycles. The average molecular weight is 210 g/mol. The molecule has 0 spiro atoms. The lowest BCUT2D eigenvalue weighted by Crippen LogP contribution is -2.13. The van der Waals surface area contributed by atoms with Crippen LogP contribution in [0.15, 0.2) is 17.3 Å². The minimum Gasteiger partial charge on any atom is -0.478 e. The van der Waals surface area contributed by atoms with Gasteiger partial charge in [-0.3, -0.25) is 9.78 Å². The fraction of sp³-hybridized carbons (Fsp3) is 0.125. The number of carbonyl (C=O) groups is 2. The average Bonchev–Trinajstić information content (AvgIpc) is 2.70. The second kappa shape index (κ2) is 3.22. The third kappa shape index (κ3) is 1.39. The van der Waals surface area contributed by atoms with Crippen molar-refractivity contribution < 1.29 is 14.7 Å². The molecule has 0 atom stereocenters. The molecule has 1 aromatic heterocycles. The Hall–Kier alpha value is -1.69. The zero-order valence-corrected chi connectivity index (χ0v) is 7.80. The van der Waals surface area contributed by atoms with Gasteiger partial charge in [-0.15, -0.1) is 11.3 Å². The van der Waals surface area contributed by atoms with Gasteiger partial charge in [-0.05, 0) is 0 Å². The Bertz CT molecular complexity index is 422. The number of thiazole rings is 1. The number of hydrogen-bond acceptors (Lipinski definition) is 4. The summed E-state index contributed by atoms with van der Waals surface area (Å²) in [5.74, 6) is -1.35. The van der Waals surface area contributed by atoms with E-state index in [1.165, 1.54) is 17.5 Å². The Balaban J connectivity index is 2.45. The van der Waals surface area contributed by atoms with Gasteiger partial charge in [0.1, 0.15) is 0 Å². The smallest absolute Gasteiger partial charge is 0.334 e. The lowest BCUT2D eigenvalue weighted by Gasteiger charge is -1.98. The Morgan fingerprint density at radius 1 is 1.64 bits per heavy atom. The van der Waals surface area contributed by atoms with Crippen molar-refractivity contribution in [3.8, 4) is 0 Å². The van der Waals surface area contributed by atoms with Crippen LogP contribution in [-0.2, 0) is 9.59 Å². The normalized spacial score (nSPS) is 15.9. The van der Waals surface area contributed by atoms with Gasteiger partial charge in [-0.2, -0.15) is 0 Å². The monoisotopic (exact) mass is 210 g/mol. The molecule has 2 rings (SSSR count). The molecule has 2 N–H and O–H groups in total. The van der Waals surface area contributed by atoms with Crippen LogP contribution in [0.2, 0.25) is 0 Å². The Kier molecular flexibility index (Phi) is 2.05. The van der Waals surface area contributed by atoms with E-state index in [0.717, 1.165) is 0 Å². The zero-order chi connectivity index (χ0) is 10.1. The molecular formula is C8H6N2O3S. The van der Waals surface area contributed by atoms with E-state index >= 15 is 0 Å². The van der Waals surface area contributed by atoms with E-state index < -0.39 is 5.97 Å². The highest BCUT2D eigenvalue weighted by molar-refractivity contribution is 7.10. The van der Waals surface area contributed by atoms with Crippen LogP contribution in [0.3, 0.4) is 0 Å². The number of carbonyl (C=O) groups excluding carboxylic acids is 1. The summed E-state index contributed by atoms with van der Waals surface area (Å²) in [6.07, 6.45) is 1.47. The maximum atomic E-state index is 11.0. The van der Waals surface area contributed by atoms with Crippen LogP contribution >= 0.6 is 11.3 Å². The van der Waals surface area contributed by atoms with Gasteiger partial charge >= 0.3 is 5.97 Å². The summed E-state index contributed by atoms with van der Waals surface area (Å²) in [7, 11) is 0. The van der Waals surface area contributed by atoms with Crippen LogP contribution in [0, 0.1) is 0 Å². The number of carboxylic acid groups (broad SMARTS) is 1. The van der Waals surface area contributed by atoms with Gasteiger partial charge < -0.3 is 10.4 Å². The number of nitrogens with one attached hydrogen (secondary N) is 1. The van der Waals surface area contributed by atoms with Crippen molar-refractivity contribution in [2.45, 2.75) is 6.42 Å². The molecule has 0 radical (unpaired) electrons. The molecule has 72 valence electrons. The Morgan fingerprint density at radius 3 is 3.00 bits per heavy atom. The first-order valence-corrected chi connectivity index (χ1v) is 4.71. The van der Waals surface area contributed by atoms with Crippen LogP contribution in [0.4, 0.5) is 0 Å². The number of rotatable bonds is 2. The molecule has 1 aliphatic heterocycles. The van der Waals surface area contributed by atoms with E-state index in [0.29, 0.717) is 10.6 Å². The number of hydrogen-bond donors (Lipinski definition) is 2. The van der Waals surface area contributed by atoms with Crippen molar-refractivity contribution >= 4 is 28.9 Å². The Morgan fingerprint density at radius 2 is 2.43 bits per heavy atom. The van der Waals surface area contributed by atoms with Crippen LogP contribution < -0.4 is 5.32 Å². The maximum Gasteiger partial charge on any atom is 0.334 e. The van der Waals surface area contributed by atoms with Crippen molar-refractivity contribution in [1.82, 2.24) is 10.3 Å². The molecule has 5 nitrogen and oxygen atoms in total. The highest BCUT2D eigenvalue weighted by Gasteiger charge is 2.27. The summed E-state index contributed by atoms with van der Waals surface area (Å²) in [6.45, 7) is 0. The van der Waals surface area contributed by atoms with Gasteiger partial charge in [0.15, 0.2) is 0 Å². The summed E-state index contributed by atoms with van der Waals surface area (Å²) in [5, 5.41) is 11.4. The molecule has 1 aromatic rings. The van der Waals surface area contributed by atoms with Gasteiger partial charge in [0.2, 0.25) is 5.91 Å². The minimum absolute atomic E-state index is 0.0669. The maximum absolute atomic E-state index is 11.0. The number of aromatic nitrogens is 1. The van der Waals surface area contributed by atoms with Crippen molar-refractivity contribution in [3.63, 3.8) is 0 Å². The second-order valence-corrected chi connectivity index (χ2v) is 3.64. The van der Waals surface area contributed by atoms with E-state index in [2.05, 4.69) is 10.3 Å². The number of amides is 1. The fourth-order valence-corrected chi connectivity index (χ4v) is 1.89. The van der Waals surface area contributed by atoms with Gasteiger partial charge in [0, 0.05) is 6.20 Å². The highest BCUT2D eigenvalue weighted by atomic mass is 32.1. The summed E-state index contributed by atoms with van der Waals surface area (Å²) < 4.78 is 0. The van der Waals surface area contributed by atoms with E-state index in [4.69, 9.17) is 5.11 Å². The molecule has 0 fully saturated rings. The molecule has 1 aliphatic rings. The van der Waals surface area contributed by atoms with Crippen molar-refractivity contribution in [3.05, 3.63) is 22.2 Å². The molecule has 0 bridgehead atoms. The molecule has 0 aromatic carbocycles. The van der Waals surface area contributed by atoms with Crippen molar-refractivity contribution in [1.29, 1.82) is 0 Å². The third-order valence-electron chi connectivity index (χ3n) is 1.84. The van der Waals surface area contributed by atoms with Crippen LogP contribution in [0.5, 0.6) is 0 Å². The van der Waals surface area contributed by atoms with Crippen molar-refractivity contribution in [2.24, 2.45) is 0 Å². The number of nitrogens with zero attached hydrogens (tertiary/aromatic N) is 1. The van der Waals surface area contributed by atoms with E-state index in [1.807, 2.05) is 0 Å². The van der Waals surface area contributed by atoms with E-state index in [9.17, 15) is 9.59 Å². The summed E-state index contributed by atoms with van der Waals surface area (Å²) >= 11 is 1.30. The largest absolute Gasteiger partial charge is 0.478 e. The molecule has 0 unspecified atom stereocenters. The quantitative estimate of drug-likeness (QED) is 0.743. The lowest BCUT2D eigenvalue weighted by atomic mass is 10.2. The summed E-state index contributed by atoms with van der Waals surface area (Å²) in [5.41, 5.74) is 2.08. The predicted octanol–water partition coefficient (Wildman–Crippen LogP) is 0.459. The Labute approximate surface area is 83.1 Å². The second-order valence-electron chi connectivity index (χ2n) is 2.75. The summed E-state index contributed by atoms with van der Waals surface area (Å²) in [6, 6.07) is 0. The highest BCUT2D eigenvalue weighted by Crippen LogP contribution is 2.26. The number of aliphatic carboxylic acids is 1. The van der Waals surface area contributed by atoms with Gasteiger partial charge in [-0.1, -0.05) is 0 Å². The molecule has 6 heteroatoms. The van der Waals surface area contributed by atoms with Crippen LogP contribution in [-0.4, -0.2) is 22.0 Å². The first kappa shape index (κ1) is 8.89. The fourth-order valence-electron chi connectivity index (χ4n) is 1.24. The van der Waals surface area contributed by atoms with Gasteiger partial charge in [0.25, 0.3) is 0 Å². The third-order valence-corrected chi connectivity index (χ3v) is 2.63. The van der Waals surface area contributed by atoms with E-state index in [1.54, 1.807) is 5.51 Å². The van der Waals surface area contributed by atoms with E-state index in [-0.39, 0.29) is 17.9 Å². The molecular weight excluding hydrogens is 204 g/mol. The van der Waals surface area contributed by atoms with Crippen molar-refractivity contribution in [2.75, 3.05) is 0 Å².